The minimum Gasteiger partial charge on any atom is -0.347 e. The third-order valence-electron chi connectivity index (χ3n) is 3.87. The van der Waals surface area contributed by atoms with Gasteiger partial charge in [-0.15, -0.1) is 0 Å². The maximum absolute atomic E-state index is 12.7. The molecule has 3 rings (SSSR count). The summed E-state index contributed by atoms with van der Waals surface area (Å²) in [5.41, 5.74) is 1.06. The molecule has 2 fully saturated rings. The quantitative estimate of drug-likeness (QED) is 0.814. The van der Waals surface area contributed by atoms with Gasteiger partial charge < -0.3 is 9.47 Å². The summed E-state index contributed by atoms with van der Waals surface area (Å²) in [5, 5.41) is 0. The highest BCUT2D eigenvalue weighted by molar-refractivity contribution is 9.10. The van der Waals surface area contributed by atoms with Crippen molar-refractivity contribution in [1.29, 1.82) is 0 Å². The fourth-order valence-corrected chi connectivity index (χ4v) is 4.56. The summed E-state index contributed by atoms with van der Waals surface area (Å²) in [7, 11) is -1.12. The molecule has 0 amide bonds. The van der Waals surface area contributed by atoms with Crippen molar-refractivity contribution in [2.24, 2.45) is 0 Å². The van der Waals surface area contributed by atoms with Gasteiger partial charge in [-0.2, -0.15) is 0 Å². The van der Waals surface area contributed by atoms with Crippen LogP contribution < -0.4 is 0 Å². The van der Waals surface area contributed by atoms with Crippen molar-refractivity contribution >= 4 is 26.9 Å². The average Bonchev–Trinajstić information content (AvgIpc) is 2.90. The molecular formula is C14H18BrNO3S. The van der Waals surface area contributed by atoms with E-state index in [1.165, 1.54) is 0 Å². The molecule has 2 saturated heterocycles. The van der Waals surface area contributed by atoms with E-state index < -0.39 is 16.8 Å². The van der Waals surface area contributed by atoms with Crippen molar-refractivity contribution in [1.82, 2.24) is 4.31 Å². The molecule has 0 aliphatic carbocycles. The van der Waals surface area contributed by atoms with Crippen LogP contribution in [0.2, 0.25) is 0 Å². The van der Waals surface area contributed by atoms with Gasteiger partial charge in [0.2, 0.25) is 0 Å². The lowest BCUT2D eigenvalue weighted by Crippen LogP contribution is -2.45. The molecule has 110 valence electrons. The van der Waals surface area contributed by atoms with E-state index in [9.17, 15) is 4.21 Å². The normalized spacial score (nSPS) is 24.1. The fraction of sp³-hybridized carbons (Fsp3) is 0.571. The van der Waals surface area contributed by atoms with Crippen molar-refractivity contribution in [3.8, 4) is 0 Å². The van der Waals surface area contributed by atoms with Crippen LogP contribution in [-0.4, -0.2) is 40.6 Å². The van der Waals surface area contributed by atoms with Crippen LogP contribution in [0.15, 0.2) is 27.6 Å². The molecule has 2 aliphatic heterocycles. The summed E-state index contributed by atoms with van der Waals surface area (Å²) in [6.07, 6.45) is 1.57. The largest absolute Gasteiger partial charge is 0.347 e. The van der Waals surface area contributed by atoms with E-state index in [0.29, 0.717) is 13.2 Å². The second-order valence-corrected chi connectivity index (χ2v) is 7.57. The Morgan fingerprint density at radius 1 is 1.25 bits per heavy atom. The first-order valence-corrected chi connectivity index (χ1v) is 8.71. The minimum atomic E-state index is -1.12. The third kappa shape index (κ3) is 2.85. The van der Waals surface area contributed by atoms with E-state index in [1.807, 2.05) is 29.4 Å². The van der Waals surface area contributed by atoms with Crippen LogP contribution >= 0.6 is 15.9 Å². The van der Waals surface area contributed by atoms with Gasteiger partial charge in [-0.1, -0.05) is 22.0 Å². The number of aryl methyl sites for hydroxylation is 1. The topological polar surface area (TPSA) is 38.8 Å². The third-order valence-corrected chi connectivity index (χ3v) is 6.01. The fourth-order valence-electron chi connectivity index (χ4n) is 2.68. The van der Waals surface area contributed by atoms with Gasteiger partial charge in [0.05, 0.1) is 18.1 Å². The average molecular weight is 360 g/mol. The number of piperidine rings is 1. The van der Waals surface area contributed by atoms with Gasteiger partial charge in [-0.25, -0.2) is 8.51 Å². The van der Waals surface area contributed by atoms with Gasteiger partial charge in [-0.3, -0.25) is 0 Å². The molecule has 0 bridgehead atoms. The summed E-state index contributed by atoms with van der Waals surface area (Å²) in [4.78, 5) is 0.878. The zero-order valence-corrected chi connectivity index (χ0v) is 13.8. The molecule has 0 radical (unpaired) electrons. The molecule has 1 atom stereocenters. The van der Waals surface area contributed by atoms with Crippen LogP contribution in [0.4, 0.5) is 0 Å². The van der Waals surface area contributed by atoms with Crippen LogP contribution in [0.3, 0.4) is 0 Å². The molecule has 20 heavy (non-hydrogen) atoms. The molecule has 1 aromatic rings. The van der Waals surface area contributed by atoms with Crippen molar-refractivity contribution in [3.05, 3.63) is 28.2 Å². The van der Waals surface area contributed by atoms with Gasteiger partial charge in [0.15, 0.2) is 5.79 Å². The van der Waals surface area contributed by atoms with Gasteiger partial charge in [0.1, 0.15) is 11.0 Å². The lowest BCUT2D eigenvalue weighted by Gasteiger charge is -2.36. The summed E-state index contributed by atoms with van der Waals surface area (Å²) >= 11 is 3.44. The van der Waals surface area contributed by atoms with Crippen LogP contribution in [0.1, 0.15) is 18.4 Å². The van der Waals surface area contributed by atoms with E-state index in [1.54, 1.807) is 0 Å². The molecule has 2 aliphatic rings. The molecule has 0 aromatic heterocycles. The van der Waals surface area contributed by atoms with Crippen molar-refractivity contribution in [2.45, 2.75) is 30.4 Å². The highest BCUT2D eigenvalue weighted by Gasteiger charge is 2.41. The van der Waals surface area contributed by atoms with E-state index in [4.69, 9.17) is 9.47 Å². The van der Waals surface area contributed by atoms with E-state index in [2.05, 4.69) is 15.9 Å². The summed E-state index contributed by atoms with van der Waals surface area (Å²) in [6, 6.07) is 5.91. The number of nitrogens with zero attached hydrogens (tertiary/aromatic N) is 1. The minimum absolute atomic E-state index is 0.410. The molecule has 4 nitrogen and oxygen atoms in total. The van der Waals surface area contributed by atoms with Crippen LogP contribution in [0, 0.1) is 6.92 Å². The van der Waals surface area contributed by atoms with Crippen LogP contribution in [0.5, 0.6) is 0 Å². The maximum atomic E-state index is 12.7. The van der Waals surface area contributed by atoms with Crippen molar-refractivity contribution < 1.29 is 13.7 Å². The lowest BCUT2D eigenvalue weighted by molar-refractivity contribution is -0.179. The Hall–Kier alpha value is -0.270. The Morgan fingerprint density at radius 3 is 2.55 bits per heavy atom. The predicted octanol–water partition coefficient (Wildman–Crippen LogP) is 2.62. The zero-order valence-electron chi connectivity index (χ0n) is 11.4. The first-order valence-electron chi connectivity index (χ1n) is 6.81. The molecule has 0 N–H and O–H groups in total. The summed E-state index contributed by atoms with van der Waals surface area (Å²) in [5.74, 6) is -0.410. The maximum Gasteiger partial charge on any atom is 0.171 e. The number of halogens is 1. The lowest BCUT2D eigenvalue weighted by atomic mass is 10.1. The van der Waals surface area contributed by atoms with Crippen LogP contribution in [-0.2, 0) is 20.5 Å². The smallest absolute Gasteiger partial charge is 0.171 e. The number of hydrogen-bond donors (Lipinski definition) is 0. The first-order chi connectivity index (χ1) is 9.60. The van der Waals surface area contributed by atoms with Crippen molar-refractivity contribution in [2.75, 3.05) is 26.3 Å². The van der Waals surface area contributed by atoms with Crippen LogP contribution in [0.25, 0.3) is 0 Å². The molecule has 6 heteroatoms. The number of benzene rings is 1. The Balaban J connectivity index is 1.71. The Bertz CT molecular complexity index is 521. The molecular weight excluding hydrogens is 342 g/mol. The predicted molar refractivity (Wildman–Crippen MR) is 80.7 cm³/mol. The molecule has 2 heterocycles. The van der Waals surface area contributed by atoms with Gasteiger partial charge >= 0.3 is 0 Å². The van der Waals surface area contributed by atoms with E-state index in [0.717, 1.165) is 40.9 Å². The zero-order chi connectivity index (χ0) is 14.2. The van der Waals surface area contributed by atoms with Gasteiger partial charge in [-0.05, 0) is 24.6 Å². The molecule has 1 aromatic carbocycles. The second-order valence-electron chi connectivity index (χ2n) is 5.20. The number of ether oxygens (including phenoxy) is 2. The van der Waals surface area contributed by atoms with E-state index >= 15 is 0 Å². The standard InChI is InChI=1S/C14H18BrNO3S/c1-11-2-3-12(15)10-13(11)20(17)16-6-4-14(5-7-16)18-8-9-19-14/h2-3,10H,4-9H2,1H3. The van der Waals surface area contributed by atoms with Crippen molar-refractivity contribution in [3.63, 3.8) is 0 Å². The number of hydrogen-bond acceptors (Lipinski definition) is 3. The SMILES string of the molecule is Cc1ccc(Br)cc1S(=O)N1CCC2(CC1)OCCO2. The Labute approximate surface area is 130 Å². The highest BCUT2D eigenvalue weighted by Crippen LogP contribution is 2.33. The Morgan fingerprint density at radius 2 is 1.90 bits per heavy atom. The second kappa shape index (κ2) is 5.85. The van der Waals surface area contributed by atoms with E-state index in [-0.39, 0.29) is 0 Å². The first kappa shape index (κ1) is 14.7. The highest BCUT2D eigenvalue weighted by atomic mass is 79.9. The molecule has 1 spiro atoms. The monoisotopic (exact) mass is 359 g/mol. The van der Waals surface area contributed by atoms with Gasteiger partial charge in [0.25, 0.3) is 0 Å². The number of rotatable bonds is 2. The molecule has 0 saturated carbocycles. The Kier molecular flexibility index (Phi) is 4.29. The van der Waals surface area contributed by atoms with Gasteiger partial charge in [0, 0.05) is 30.4 Å². The summed E-state index contributed by atoms with van der Waals surface area (Å²) in [6.45, 7) is 4.81. The summed E-state index contributed by atoms with van der Waals surface area (Å²) < 4.78 is 27.1. The molecule has 1 unspecified atom stereocenters.